The topological polar surface area (TPSA) is 183 Å². The standard InChI is InChI=1S/C26H40O5.C20H28N2O5/c1-19(2)31-26(30)13-9-4-3-8-12-22-23(25(29)18-24(22)28)17-16-21(27)15-14-20-10-6-5-7-11-20;1-3-27-20(26)16(12-11-15-8-5-4-6-9-15)21-14(2)18(23)22-13-7-10-17(22)19(24)25/h3,5-8,10-11,19,21-25,27-29H,4,9,12-18H2,1-2H3;4-6,8-9,14,16-17,21H,3,7,10-13H2,1-2H3,(H,24,25)/b8-3-;/t21-,22+,23+,24-,25+;14-,16-,17-/m00/s1. The summed E-state index contributed by atoms with van der Waals surface area (Å²) in [6.07, 6.45) is 10.9. The summed E-state index contributed by atoms with van der Waals surface area (Å²) in [5.74, 6) is -1.83. The highest BCUT2D eigenvalue weighted by Crippen LogP contribution is 2.38. The number of amides is 1. The molecular formula is C46H68N2O10. The molecule has 0 spiro atoms. The number of ether oxygens (including phenoxy) is 2. The van der Waals surface area contributed by atoms with Crippen molar-refractivity contribution in [3.63, 3.8) is 0 Å². The molecule has 0 aromatic heterocycles. The molecule has 1 saturated carbocycles. The van der Waals surface area contributed by atoms with Crippen molar-refractivity contribution in [3.8, 4) is 0 Å². The molecule has 12 heteroatoms. The molecule has 1 aliphatic carbocycles. The number of carboxylic acids is 1. The van der Waals surface area contributed by atoms with Crippen LogP contribution in [0.1, 0.15) is 109 Å². The number of esters is 2. The Labute approximate surface area is 345 Å². The summed E-state index contributed by atoms with van der Waals surface area (Å²) in [5.41, 5.74) is 2.32. The van der Waals surface area contributed by atoms with Crippen LogP contribution < -0.4 is 5.32 Å². The molecule has 4 rings (SSSR count). The van der Waals surface area contributed by atoms with Crippen LogP contribution in [0.4, 0.5) is 0 Å². The number of aryl methyl sites for hydroxylation is 2. The van der Waals surface area contributed by atoms with Gasteiger partial charge in [-0.15, -0.1) is 0 Å². The van der Waals surface area contributed by atoms with Crippen molar-refractivity contribution in [2.75, 3.05) is 13.2 Å². The maximum atomic E-state index is 12.7. The summed E-state index contributed by atoms with van der Waals surface area (Å²) in [6.45, 7) is 7.78. The van der Waals surface area contributed by atoms with E-state index in [9.17, 15) is 39.6 Å². The van der Waals surface area contributed by atoms with Gasteiger partial charge in [-0.1, -0.05) is 72.8 Å². The first-order valence-electron chi connectivity index (χ1n) is 21.2. The molecule has 1 saturated heterocycles. The number of aliphatic carboxylic acids is 1. The van der Waals surface area contributed by atoms with E-state index in [1.54, 1.807) is 13.8 Å². The Bertz CT molecular complexity index is 1540. The average molecular weight is 809 g/mol. The molecule has 0 bridgehead atoms. The molecule has 12 nitrogen and oxygen atoms in total. The number of likely N-dealkylation sites (tertiary alicyclic amines) is 1. The van der Waals surface area contributed by atoms with Gasteiger partial charge in [0.1, 0.15) is 12.1 Å². The van der Waals surface area contributed by atoms with Crippen molar-refractivity contribution in [3.05, 3.63) is 83.9 Å². The Hall–Kier alpha value is -4.10. The van der Waals surface area contributed by atoms with E-state index in [4.69, 9.17) is 9.47 Å². The van der Waals surface area contributed by atoms with E-state index < -0.39 is 48.4 Å². The van der Waals surface area contributed by atoms with Gasteiger partial charge in [-0.25, -0.2) is 4.79 Å². The van der Waals surface area contributed by atoms with Gasteiger partial charge in [0.25, 0.3) is 0 Å². The number of hydrogen-bond donors (Lipinski definition) is 5. The number of nitrogens with one attached hydrogen (secondary N) is 1. The zero-order chi connectivity index (χ0) is 42.5. The van der Waals surface area contributed by atoms with Crippen LogP contribution in [0.15, 0.2) is 72.8 Å². The fourth-order valence-corrected chi connectivity index (χ4v) is 7.85. The first-order chi connectivity index (χ1) is 27.8. The predicted molar refractivity (Wildman–Crippen MR) is 223 cm³/mol. The number of carbonyl (C=O) groups is 4. The predicted octanol–water partition coefficient (Wildman–Crippen LogP) is 5.79. The van der Waals surface area contributed by atoms with Crippen LogP contribution >= 0.6 is 0 Å². The molecule has 1 aliphatic heterocycles. The van der Waals surface area contributed by atoms with E-state index in [2.05, 4.69) is 23.5 Å². The number of unbranched alkanes of at least 4 members (excludes halogenated alkanes) is 1. The Kier molecular flexibility index (Phi) is 21.7. The SMILES string of the molecule is CC(C)OC(=O)CCC/C=C\C[C@@H]1[C@@H](CC[C@@H](O)CCc2ccccc2)[C@H](O)C[C@@H]1O.CCOC(=O)[C@H](CCc1ccccc1)N[C@@H](C)C(=O)N1CCC[C@H]1C(=O)O. The number of carbonyl (C=O) groups excluding carboxylic acids is 3. The Morgan fingerprint density at radius 1 is 0.879 bits per heavy atom. The molecule has 8 atom stereocenters. The van der Waals surface area contributed by atoms with Crippen LogP contribution in [0.3, 0.4) is 0 Å². The van der Waals surface area contributed by atoms with Crippen molar-refractivity contribution in [2.24, 2.45) is 11.8 Å². The van der Waals surface area contributed by atoms with Crippen LogP contribution in [0, 0.1) is 11.8 Å². The van der Waals surface area contributed by atoms with Crippen LogP contribution in [0.2, 0.25) is 0 Å². The van der Waals surface area contributed by atoms with Gasteiger partial charge in [-0.2, -0.15) is 0 Å². The third-order valence-electron chi connectivity index (χ3n) is 10.9. The first kappa shape index (κ1) is 48.3. The van der Waals surface area contributed by atoms with Crippen LogP contribution in [0.25, 0.3) is 0 Å². The number of rotatable bonds is 22. The van der Waals surface area contributed by atoms with Crippen molar-refractivity contribution in [1.82, 2.24) is 10.2 Å². The number of benzene rings is 2. The molecule has 2 aromatic rings. The van der Waals surface area contributed by atoms with Gasteiger partial charge >= 0.3 is 17.9 Å². The average Bonchev–Trinajstić information content (AvgIpc) is 3.80. The summed E-state index contributed by atoms with van der Waals surface area (Å²) < 4.78 is 10.3. The molecule has 2 fully saturated rings. The van der Waals surface area contributed by atoms with Gasteiger partial charge in [0, 0.05) is 13.0 Å². The van der Waals surface area contributed by atoms with Gasteiger partial charge in [0.2, 0.25) is 5.91 Å². The molecule has 1 amide bonds. The second kappa shape index (κ2) is 26.1. The normalized spacial score (nSPS) is 21.9. The van der Waals surface area contributed by atoms with Crippen LogP contribution in [-0.4, -0.2) is 105 Å². The van der Waals surface area contributed by atoms with Crippen molar-refractivity contribution >= 4 is 23.8 Å². The molecule has 58 heavy (non-hydrogen) atoms. The number of aliphatic hydroxyl groups is 3. The molecule has 0 radical (unpaired) electrons. The second-order valence-electron chi connectivity index (χ2n) is 15.8. The van der Waals surface area contributed by atoms with E-state index in [0.717, 1.165) is 24.8 Å². The van der Waals surface area contributed by atoms with Crippen molar-refractivity contribution in [2.45, 2.75) is 154 Å². The zero-order valence-corrected chi connectivity index (χ0v) is 34.9. The van der Waals surface area contributed by atoms with E-state index in [1.165, 1.54) is 10.5 Å². The Morgan fingerprint density at radius 3 is 2.10 bits per heavy atom. The smallest absolute Gasteiger partial charge is 0.326 e. The van der Waals surface area contributed by atoms with E-state index in [0.29, 0.717) is 70.8 Å². The minimum Gasteiger partial charge on any atom is -0.480 e. The van der Waals surface area contributed by atoms with Crippen molar-refractivity contribution in [1.29, 1.82) is 0 Å². The summed E-state index contributed by atoms with van der Waals surface area (Å²) in [4.78, 5) is 49.3. The van der Waals surface area contributed by atoms with Gasteiger partial charge in [0.05, 0.1) is 37.1 Å². The fourth-order valence-electron chi connectivity index (χ4n) is 7.85. The Balaban J connectivity index is 0.000000313. The molecule has 1 heterocycles. The van der Waals surface area contributed by atoms with Crippen LogP contribution in [0.5, 0.6) is 0 Å². The van der Waals surface area contributed by atoms with E-state index in [1.807, 2.05) is 68.5 Å². The number of carboxylic acid groups (broad SMARTS) is 1. The lowest BCUT2D eigenvalue weighted by Crippen LogP contribution is -2.53. The maximum Gasteiger partial charge on any atom is 0.326 e. The summed E-state index contributed by atoms with van der Waals surface area (Å²) in [7, 11) is 0. The maximum absolute atomic E-state index is 12.7. The van der Waals surface area contributed by atoms with Gasteiger partial charge < -0.3 is 34.8 Å². The van der Waals surface area contributed by atoms with E-state index >= 15 is 0 Å². The molecule has 0 unspecified atom stereocenters. The van der Waals surface area contributed by atoms with E-state index in [-0.39, 0.29) is 36.4 Å². The van der Waals surface area contributed by atoms with Gasteiger partial charge in [0.15, 0.2) is 0 Å². The fraction of sp³-hybridized carbons (Fsp3) is 0.609. The number of nitrogens with zero attached hydrogens (tertiary/aromatic N) is 1. The summed E-state index contributed by atoms with van der Waals surface area (Å²) in [6, 6.07) is 17.8. The third kappa shape index (κ3) is 17.0. The Morgan fingerprint density at radius 2 is 1.50 bits per heavy atom. The van der Waals surface area contributed by atoms with Crippen molar-refractivity contribution < 1.29 is 49.1 Å². The monoisotopic (exact) mass is 808 g/mol. The molecular weight excluding hydrogens is 741 g/mol. The minimum absolute atomic E-state index is 0.00652. The highest BCUT2D eigenvalue weighted by molar-refractivity contribution is 5.88. The molecule has 2 aromatic carbocycles. The second-order valence-corrected chi connectivity index (χ2v) is 15.8. The quantitative estimate of drug-likeness (QED) is 0.0552. The number of aliphatic hydroxyl groups excluding tert-OH is 3. The number of allylic oxidation sites excluding steroid dienone is 2. The lowest BCUT2D eigenvalue weighted by molar-refractivity contribution is -0.150. The zero-order valence-electron chi connectivity index (χ0n) is 34.9. The van der Waals surface area contributed by atoms with Gasteiger partial charge in [-0.05, 0) is 128 Å². The van der Waals surface area contributed by atoms with Gasteiger partial charge in [-0.3, -0.25) is 19.7 Å². The lowest BCUT2D eigenvalue weighted by atomic mass is 9.85. The number of hydrogen-bond acceptors (Lipinski definition) is 10. The minimum atomic E-state index is -0.987. The third-order valence-corrected chi connectivity index (χ3v) is 10.9. The summed E-state index contributed by atoms with van der Waals surface area (Å²) in [5, 5.41) is 43.5. The molecule has 5 N–H and O–H groups in total. The highest BCUT2D eigenvalue weighted by atomic mass is 16.5. The lowest BCUT2D eigenvalue weighted by Gasteiger charge is -2.27. The molecule has 322 valence electrons. The largest absolute Gasteiger partial charge is 0.480 e. The summed E-state index contributed by atoms with van der Waals surface area (Å²) >= 11 is 0. The highest BCUT2D eigenvalue weighted by Gasteiger charge is 2.41. The first-order valence-corrected chi connectivity index (χ1v) is 21.2. The van der Waals surface area contributed by atoms with Crippen LogP contribution in [-0.2, 0) is 41.5 Å². The molecule has 2 aliphatic rings.